The van der Waals surface area contributed by atoms with Crippen molar-refractivity contribution in [3.8, 4) is 0 Å². The van der Waals surface area contributed by atoms with Crippen LogP contribution in [0, 0.1) is 0 Å². The van der Waals surface area contributed by atoms with Crippen LogP contribution in [0.25, 0.3) is 0 Å². The molecule has 0 saturated carbocycles. The average Bonchev–Trinajstić information content (AvgIpc) is 2.70. The van der Waals surface area contributed by atoms with Gasteiger partial charge in [-0.3, -0.25) is 4.79 Å². The predicted molar refractivity (Wildman–Crippen MR) is 106 cm³/mol. The zero-order valence-electron chi connectivity index (χ0n) is 14.6. The number of nitrogen functional groups attached to an aromatic ring is 1. The number of carbonyl (C=O) groups is 1. The Morgan fingerprint density at radius 1 is 0.846 bits per heavy atom. The molecule has 0 aliphatic heterocycles. The number of hydrogen-bond donors (Lipinski definition) is 3. The minimum Gasteiger partial charge on any atom is -0.398 e. The molecule has 0 heterocycles. The van der Waals surface area contributed by atoms with Crippen LogP contribution in [0.3, 0.4) is 0 Å². The lowest BCUT2D eigenvalue weighted by Crippen LogP contribution is -2.29. The molecule has 1 amide bonds. The van der Waals surface area contributed by atoms with Crippen molar-refractivity contribution in [1.82, 2.24) is 5.32 Å². The summed E-state index contributed by atoms with van der Waals surface area (Å²) in [6.07, 6.45) is 0. The highest BCUT2D eigenvalue weighted by molar-refractivity contribution is 5.99. The maximum absolute atomic E-state index is 12.7. The van der Waals surface area contributed by atoms with E-state index in [9.17, 15) is 4.79 Å². The molecular weight excluding hydrogens is 322 g/mol. The van der Waals surface area contributed by atoms with Crippen LogP contribution < -0.4 is 16.8 Å². The van der Waals surface area contributed by atoms with Gasteiger partial charge in [-0.25, -0.2) is 0 Å². The first-order valence-electron chi connectivity index (χ1n) is 8.66. The van der Waals surface area contributed by atoms with Crippen LogP contribution in [-0.2, 0) is 6.54 Å². The molecule has 0 aliphatic carbocycles. The number of benzene rings is 3. The Hall–Kier alpha value is -3.11. The van der Waals surface area contributed by atoms with Crippen molar-refractivity contribution in [2.24, 2.45) is 5.73 Å². The molecule has 0 fully saturated rings. The van der Waals surface area contributed by atoms with Crippen molar-refractivity contribution in [3.63, 3.8) is 0 Å². The lowest BCUT2D eigenvalue weighted by molar-refractivity contribution is 0.0953. The molecule has 26 heavy (non-hydrogen) atoms. The maximum Gasteiger partial charge on any atom is 0.253 e. The van der Waals surface area contributed by atoms with Gasteiger partial charge in [0.25, 0.3) is 5.91 Å². The fourth-order valence-corrected chi connectivity index (χ4v) is 3.08. The van der Waals surface area contributed by atoms with Gasteiger partial charge in [0.2, 0.25) is 0 Å². The number of hydrogen-bond acceptors (Lipinski definition) is 3. The Morgan fingerprint density at radius 3 is 1.96 bits per heavy atom. The maximum atomic E-state index is 12.7. The van der Waals surface area contributed by atoms with Crippen LogP contribution in [0.2, 0.25) is 0 Å². The van der Waals surface area contributed by atoms with Gasteiger partial charge in [0.05, 0.1) is 5.56 Å². The van der Waals surface area contributed by atoms with Crippen LogP contribution in [0.1, 0.15) is 33.0 Å². The Kier molecular flexibility index (Phi) is 5.66. The zero-order chi connectivity index (χ0) is 18.4. The first-order chi connectivity index (χ1) is 12.7. The molecule has 4 nitrogen and oxygen atoms in total. The average molecular weight is 345 g/mol. The third-order valence-electron chi connectivity index (χ3n) is 4.53. The molecule has 0 unspecified atom stereocenters. The van der Waals surface area contributed by atoms with E-state index in [1.54, 1.807) is 12.1 Å². The van der Waals surface area contributed by atoms with E-state index in [1.807, 2.05) is 42.5 Å². The van der Waals surface area contributed by atoms with E-state index in [1.165, 1.54) is 0 Å². The molecule has 5 N–H and O–H groups in total. The van der Waals surface area contributed by atoms with Gasteiger partial charge in [0.1, 0.15) is 0 Å². The highest BCUT2D eigenvalue weighted by atomic mass is 16.1. The standard InChI is InChI=1S/C22H23N3O/c23-14-18-12-7-13-19(21(18)24)22(26)25-15-20(16-8-3-1-4-9-16)17-10-5-2-6-11-17/h1-13,20H,14-15,23-24H2,(H,25,26). The van der Waals surface area contributed by atoms with E-state index in [4.69, 9.17) is 11.5 Å². The van der Waals surface area contributed by atoms with Gasteiger partial charge in [-0.2, -0.15) is 0 Å². The zero-order valence-corrected chi connectivity index (χ0v) is 14.6. The molecule has 0 saturated heterocycles. The van der Waals surface area contributed by atoms with E-state index < -0.39 is 0 Å². The lowest BCUT2D eigenvalue weighted by Gasteiger charge is -2.19. The van der Waals surface area contributed by atoms with Crippen molar-refractivity contribution < 1.29 is 4.79 Å². The Balaban J connectivity index is 1.81. The Labute approximate surface area is 153 Å². The molecular formula is C22H23N3O. The summed E-state index contributed by atoms with van der Waals surface area (Å²) in [6.45, 7) is 0.794. The first kappa shape index (κ1) is 17.7. The second-order valence-corrected chi connectivity index (χ2v) is 6.17. The smallest absolute Gasteiger partial charge is 0.253 e. The molecule has 3 aromatic rings. The number of amides is 1. The molecule has 3 aromatic carbocycles. The normalized spacial score (nSPS) is 10.7. The Bertz CT molecular complexity index is 824. The number of rotatable bonds is 6. The van der Waals surface area contributed by atoms with Crippen LogP contribution >= 0.6 is 0 Å². The van der Waals surface area contributed by atoms with Gasteiger partial charge < -0.3 is 16.8 Å². The number of para-hydroxylation sites is 1. The second kappa shape index (κ2) is 8.32. The summed E-state index contributed by atoms with van der Waals surface area (Å²) in [5.41, 5.74) is 15.8. The SMILES string of the molecule is NCc1cccc(C(=O)NCC(c2ccccc2)c2ccccc2)c1N. The molecule has 0 bridgehead atoms. The summed E-state index contributed by atoms with van der Waals surface area (Å²) in [4.78, 5) is 12.7. The van der Waals surface area contributed by atoms with Gasteiger partial charge >= 0.3 is 0 Å². The van der Waals surface area contributed by atoms with Crippen LogP contribution in [0.4, 0.5) is 5.69 Å². The van der Waals surface area contributed by atoms with Gasteiger partial charge in [-0.15, -0.1) is 0 Å². The van der Waals surface area contributed by atoms with Crippen molar-refractivity contribution in [2.45, 2.75) is 12.5 Å². The van der Waals surface area contributed by atoms with E-state index >= 15 is 0 Å². The van der Waals surface area contributed by atoms with Crippen molar-refractivity contribution >= 4 is 11.6 Å². The van der Waals surface area contributed by atoms with Gasteiger partial charge in [0, 0.05) is 24.7 Å². The highest BCUT2D eigenvalue weighted by Gasteiger charge is 2.17. The summed E-state index contributed by atoms with van der Waals surface area (Å²) in [5.74, 6) is -0.116. The van der Waals surface area contributed by atoms with Crippen molar-refractivity contribution in [3.05, 3.63) is 101 Å². The van der Waals surface area contributed by atoms with Gasteiger partial charge in [-0.05, 0) is 22.8 Å². The summed E-state index contributed by atoms with van der Waals surface area (Å²) in [5, 5.41) is 3.03. The van der Waals surface area contributed by atoms with Crippen LogP contribution in [-0.4, -0.2) is 12.5 Å². The third-order valence-corrected chi connectivity index (χ3v) is 4.53. The summed E-state index contributed by atoms with van der Waals surface area (Å²) >= 11 is 0. The lowest BCUT2D eigenvalue weighted by atomic mass is 9.91. The van der Waals surface area contributed by atoms with Gasteiger partial charge in [0.15, 0.2) is 0 Å². The first-order valence-corrected chi connectivity index (χ1v) is 8.66. The summed E-state index contributed by atoms with van der Waals surface area (Å²) in [7, 11) is 0. The molecule has 0 radical (unpaired) electrons. The minimum absolute atomic E-state index is 0.0697. The molecule has 0 atom stereocenters. The number of nitrogens with two attached hydrogens (primary N) is 2. The van der Waals surface area contributed by atoms with Crippen LogP contribution in [0.5, 0.6) is 0 Å². The van der Waals surface area contributed by atoms with Crippen LogP contribution in [0.15, 0.2) is 78.9 Å². The molecule has 0 aliphatic rings. The number of nitrogens with one attached hydrogen (secondary N) is 1. The minimum atomic E-state index is -0.185. The quantitative estimate of drug-likeness (QED) is 0.600. The van der Waals surface area contributed by atoms with E-state index in [0.29, 0.717) is 24.3 Å². The van der Waals surface area contributed by atoms with Crippen molar-refractivity contribution in [1.29, 1.82) is 0 Å². The summed E-state index contributed by atoms with van der Waals surface area (Å²) < 4.78 is 0. The largest absolute Gasteiger partial charge is 0.398 e. The topological polar surface area (TPSA) is 81.1 Å². The molecule has 4 heteroatoms. The highest BCUT2D eigenvalue weighted by Crippen LogP contribution is 2.24. The number of anilines is 1. The monoisotopic (exact) mass is 345 g/mol. The molecule has 3 rings (SSSR count). The van der Waals surface area contributed by atoms with E-state index in [2.05, 4.69) is 29.6 Å². The van der Waals surface area contributed by atoms with Crippen molar-refractivity contribution in [2.75, 3.05) is 12.3 Å². The van der Waals surface area contributed by atoms with E-state index in [0.717, 1.165) is 16.7 Å². The fourth-order valence-electron chi connectivity index (χ4n) is 3.08. The molecule has 0 aromatic heterocycles. The predicted octanol–water partition coefficient (Wildman–Crippen LogP) is 3.29. The Morgan fingerprint density at radius 2 is 1.42 bits per heavy atom. The summed E-state index contributed by atoms with van der Waals surface area (Å²) in [6, 6.07) is 25.7. The van der Waals surface area contributed by atoms with E-state index in [-0.39, 0.29) is 11.8 Å². The second-order valence-electron chi connectivity index (χ2n) is 6.17. The van der Waals surface area contributed by atoms with Gasteiger partial charge in [-0.1, -0.05) is 72.8 Å². The fraction of sp³-hybridized carbons (Fsp3) is 0.136. The molecule has 0 spiro atoms. The third kappa shape index (κ3) is 3.92. The number of carbonyl (C=O) groups excluding carboxylic acids is 1. The molecule has 132 valence electrons.